The molecule has 5 heteroatoms. The number of hydrogen-bond donors (Lipinski definition) is 0. The molecule has 0 aliphatic heterocycles. The summed E-state index contributed by atoms with van der Waals surface area (Å²) in [5.74, 6) is -1.52. The van der Waals surface area contributed by atoms with Gasteiger partial charge < -0.3 is 4.74 Å². The fraction of sp³-hybridized carbons (Fsp3) is 0.333. The molecule has 0 amide bonds. The number of carbonyl (C=O) groups is 1. The Morgan fingerprint density at radius 2 is 2.27 bits per heavy atom. The lowest BCUT2D eigenvalue weighted by Crippen LogP contribution is -2.11. The Bertz CT molecular complexity index is 217. The van der Waals surface area contributed by atoms with Crippen molar-refractivity contribution in [2.45, 2.75) is 6.43 Å². The first-order valence-corrected chi connectivity index (χ1v) is 2.59. The molecule has 0 aromatic heterocycles. The van der Waals surface area contributed by atoms with Gasteiger partial charge in [0, 0.05) is 0 Å². The van der Waals surface area contributed by atoms with Gasteiger partial charge in [-0.25, -0.2) is 8.78 Å². The third kappa shape index (κ3) is 2.76. The Morgan fingerprint density at radius 3 is 2.55 bits per heavy atom. The number of ketones is 1. The van der Waals surface area contributed by atoms with Crippen molar-refractivity contribution < 1.29 is 18.3 Å². The van der Waals surface area contributed by atoms with Crippen molar-refractivity contribution in [2.75, 3.05) is 7.11 Å². The minimum Gasteiger partial charge on any atom is -0.503 e. The van der Waals surface area contributed by atoms with Crippen LogP contribution in [0.3, 0.4) is 0 Å². The lowest BCUT2D eigenvalue weighted by molar-refractivity contribution is -0.125. The Labute approximate surface area is 61.9 Å². The van der Waals surface area contributed by atoms with Crippen LogP contribution in [0.15, 0.2) is 11.8 Å². The van der Waals surface area contributed by atoms with E-state index in [2.05, 4.69) is 4.74 Å². The van der Waals surface area contributed by atoms with E-state index in [0.717, 1.165) is 7.11 Å². The number of allylic oxidation sites excluding steroid dienone is 1. The molecule has 0 radical (unpaired) electrons. The number of methoxy groups -OCH3 is 1. The molecule has 0 fully saturated rings. The third-order valence-corrected chi connectivity index (χ3v) is 0.820. The van der Waals surface area contributed by atoms with Gasteiger partial charge in [0.15, 0.2) is 0 Å². The molecule has 3 nitrogen and oxygen atoms in total. The number of halogens is 2. The number of rotatable bonds is 3. The van der Waals surface area contributed by atoms with Crippen LogP contribution in [0, 0.1) is 11.3 Å². The SMILES string of the molecule is COC=C(C#N)C(=O)C(F)F. The van der Waals surface area contributed by atoms with E-state index in [9.17, 15) is 13.6 Å². The second kappa shape index (κ2) is 4.39. The molecule has 0 spiro atoms. The van der Waals surface area contributed by atoms with E-state index in [1.165, 1.54) is 6.07 Å². The highest BCUT2D eigenvalue weighted by Gasteiger charge is 2.20. The van der Waals surface area contributed by atoms with Gasteiger partial charge in [0.25, 0.3) is 0 Å². The quantitative estimate of drug-likeness (QED) is 0.350. The van der Waals surface area contributed by atoms with E-state index < -0.39 is 17.8 Å². The molecular weight excluding hydrogens is 156 g/mol. The van der Waals surface area contributed by atoms with Crippen molar-refractivity contribution >= 4 is 5.78 Å². The van der Waals surface area contributed by atoms with Crippen LogP contribution in [0.2, 0.25) is 0 Å². The number of nitrogens with zero attached hydrogens (tertiary/aromatic N) is 1. The average Bonchev–Trinajstić information content (AvgIpc) is 1.98. The van der Waals surface area contributed by atoms with Gasteiger partial charge in [-0.1, -0.05) is 0 Å². The van der Waals surface area contributed by atoms with Crippen LogP contribution in [0.25, 0.3) is 0 Å². The molecule has 0 rings (SSSR count). The van der Waals surface area contributed by atoms with Gasteiger partial charge in [0.05, 0.1) is 7.11 Å². The predicted molar refractivity (Wildman–Crippen MR) is 31.7 cm³/mol. The van der Waals surface area contributed by atoms with Crippen LogP contribution < -0.4 is 0 Å². The predicted octanol–water partition coefficient (Wildman–Crippen LogP) is 0.874. The zero-order valence-electron chi connectivity index (χ0n) is 5.67. The van der Waals surface area contributed by atoms with Crippen molar-refractivity contribution in [2.24, 2.45) is 0 Å². The van der Waals surface area contributed by atoms with Crippen molar-refractivity contribution in [1.29, 1.82) is 5.26 Å². The van der Waals surface area contributed by atoms with Crippen LogP contribution >= 0.6 is 0 Å². The summed E-state index contributed by atoms with van der Waals surface area (Å²) in [6.45, 7) is 0. The lowest BCUT2D eigenvalue weighted by Gasteiger charge is -1.94. The first kappa shape index (κ1) is 9.56. The van der Waals surface area contributed by atoms with Crippen molar-refractivity contribution in [3.8, 4) is 6.07 Å². The minimum atomic E-state index is -3.16. The summed E-state index contributed by atoms with van der Waals surface area (Å²) < 4.78 is 27.4. The first-order chi connectivity index (χ1) is 5.13. The van der Waals surface area contributed by atoms with Crippen LogP contribution in [-0.4, -0.2) is 19.3 Å². The largest absolute Gasteiger partial charge is 0.503 e. The first-order valence-electron chi connectivity index (χ1n) is 2.59. The lowest BCUT2D eigenvalue weighted by atomic mass is 10.2. The highest BCUT2D eigenvalue weighted by Crippen LogP contribution is 2.03. The Hall–Kier alpha value is -1.44. The highest BCUT2D eigenvalue weighted by atomic mass is 19.3. The number of alkyl halides is 2. The fourth-order valence-electron chi connectivity index (χ4n) is 0.375. The van der Waals surface area contributed by atoms with Crippen molar-refractivity contribution in [3.05, 3.63) is 11.8 Å². The van der Waals surface area contributed by atoms with Crippen LogP contribution in [0.5, 0.6) is 0 Å². The van der Waals surface area contributed by atoms with E-state index >= 15 is 0 Å². The van der Waals surface area contributed by atoms with E-state index in [0.29, 0.717) is 6.26 Å². The monoisotopic (exact) mass is 161 g/mol. The molecule has 0 saturated heterocycles. The third-order valence-electron chi connectivity index (χ3n) is 0.820. The summed E-state index contributed by atoms with van der Waals surface area (Å²) in [7, 11) is 1.16. The van der Waals surface area contributed by atoms with Crippen molar-refractivity contribution in [3.63, 3.8) is 0 Å². The Morgan fingerprint density at radius 1 is 1.73 bits per heavy atom. The summed E-state index contributed by atoms with van der Waals surface area (Å²) in [5.41, 5.74) is -0.678. The van der Waals surface area contributed by atoms with E-state index in [1.807, 2.05) is 0 Å². The molecular formula is C6H5F2NO2. The normalized spacial score (nSPS) is 11.0. The molecule has 0 bridgehead atoms. The van der Waals surface area contributed by atoms with Gasteiger partial charge in [-0.05, 0) is 0 Å². The fourth-order valence-corrected chi connectivity index (χ4v) is 0.375. The molecule has 0 N–H and O–H groups in total. The maximum absolute atomic E-state index is 11.6. The topological polar surface area (TPSA) is 50.1 Å². The van der Waals surface area contributed by atoms with Crippen LogP contribution in [0.4, 0.5) is 8.78 Å². The summed E-state index contributed by atoms with van der Waals surface area (Å²) in [4.78, 5) is 10.3. The second-order valence-corrected chi connectivity index (χ2v) is 1.54. The number of nitriles is 1. The van der Waals surface area contributed by atoms with Gasteiger partial charge in [0.2, 0.25) is 5.78 Å². The van der Waals surface area contributed by atoms with Crippen LogP contribution in [-0.2, 0) is 9.53 Å². The standard InChI is InChI=1S/C6H5F2NO2/c1-11-3-4(2-9)5(10)6(7)8/h3,6H,1H3. The molecule has 60 valence electrons. The summed E-state index contributed by atoms with van der Waals surface area (Å²) in [5, 5.41) is 8.12. The summed E-state index contributed by atoms with van der Waals surface area (Å²) in [6.07, 6.45) is -2.47. The average molecular weight is 161 g/mol. The van der Waals surface area contributed by atoms with Gasteiger partial charge in [-0.2, -0.15) is 5.26 Å². The van der Waals surface area contributed by atoms with Crippen LogP contribution in [0.1, 0.15) is 0 Å². The summed E-state index contributed by atoms with van der Waals surface area (Å²) in [6, 6.07) is 1.29. The van der Waals surface area contributed by atoms with E-state index in [-0.39, 0.29) is 0 Å². The zero-order valence-corrected chi connectivity index (χ0v) is 5.67. The van der Waals surface area contributed by atoms with Gasteiger partial charge in [-0.15, -0.1) is 0 Å². The number of ether oxygens (including phenoxy) is 1. The number of hydrogen-bond acceptors (Lipinski definition) is 3. The molecule has 0 atom stereocenters. The number of Topliss-reactive ketones (excluding diaryl/α,β-unsaturated/α-hetero) is 1. The van der Waals surface area contributed by atoms with E-state index in [1.54, 1.807) is 0 Å². The molecule has 0 heterocycles. The molecule has 0 unspecified atom stereocenters. The van der Waals surface area contributed by atoms with Gasteiger partial charge >= 0.3 is 6.43 Å². The van der Waals surface area contributed by atoms with Gasteiger partial charge in [-0.3, -0.25) is 4.79 Å². The molecule has 0 aromatic carbocycles. The van der Waals surface area contributed by atoms with E-state index in [4.69, 9.17) is 5.26 Å². The maximum Gasteiger partial charge on any atom is 0.301 e. The number of carbonyl (C=O) groups excluding carboxylic acids is 1. The smallest absolute Gasteiger partial charge is 0.301 e. The van der Waals surface area contributed by atoms with Crippen molar-refractivity contribution in [1.82, 2.24) is 0 Å². The zero-order chi connectivity index (χ0) is 8.85. The molecule has 0 aliphatic rings. The molecule has 0 aliphatic carbocycles. The molecule has 0 aromatic rings. The second-order valence-electron chi connectivity index (χ2n) is 1.54. The minimum absolute atomic E-state index is 0.678. The molecule has 0 saturated carbocycles. The Kier molecular flexibility index (Phi) is 3.81. The molecule has 11 heavy (non-hydrogen) atoms. The van der Waals surface area contributed by atoms with Gasteiger partial charge in [0.1, 0.15) is 17.9 Å². The Balaban J connectivity index is 4.43. The summed E-state index contributed by atoms with van der Waals surface area (Å²) >= 11 is 0. The maximum atomic E-state index is 11.6. The highest BCUT2D eigenvalue weighted by molar-refractivity contribution is 6.00.